The van der Waals surface area contributed by atoms with Crippen LogP contribution in [0.2, 0.25) is 0 Å². The number of ketones is 1. The van der Waals surface area contributed by atoms with Gasteiger partial charge in [-0.3, -0.25) is 4.79 Å². The maximum Gasteiger partial charge on any atom is 0.180 e. The van der Waals surface area contributed by atoms with Gasteiger partial charge in [-0.1, -0.05) is 6.07 Å². The summed E-state index contributed by atoms with van der Waals surface area (Å²) in [5.41, 5.74) is 7.98. The van der Waals surface area contributed by atoms with Crippen LogP contribution < -0.4 is 10.5 Å². The lowest BCUT2D eigenvalue weighted by molar-refractivity contribution is 0.0998. The van der Waals surface area contributed by atoms with E-state index in [4.69, 9.17) is 10.5 Å². The van der Waals surface area contributed by atoms with Crippen LogP contribution >= 0.6 is 0 Å². The average Bonchev–Trinajstić information content (AvgIpc) is 2.20. The van der Waals surface area contributed by atoms with Crippen LogP contribution in [0.4, 0.5) is 0 Å². The quantitative estimate of drug-likeness (QED) is 0.739. The van der Waals surface area contributed by atoms with E-state index in [2.05, 4.69) is 0 Å². The molecular weight excluding hydrogens is 178 g/mol. The van der Waals surface area contributed by atoms with Crippen molar-refractivity contribution in [3.8, 4) is 5.75 Å². The van der Waals surface area contributed by atoms with Crippen LogP contribution in [-0.2, 0) is 0 Å². The van der Waals surface area contributed by atoms with Crippen LogP contribution in [0.25, 0.3) is 0 Å². The van der Waals surface area contributed by atoms with Crippen molar-refractivity contribution in [3.05, 3.63) is 28.8 Å². The Hall–Kier alpha value is -1.35. The van der Waals surface area contributed by atoms with Gasteiger partial charge in [0.05, 0.1) is 19.2 Å². The van der Waals surface area contributed by atoms with E-state index in [9.17, 15) is 4.79 Å². The van der Waals surface area contributed by atoms with E-state index in [0.717, 1.165) is 11.1 Å². The molecule has 0 spiro atoms. The first-order valence-electron chi connectivity index (χ1n) is 4.49. The monoisotopic (exact) mass is 193 g/mol. The van der Waals surface area contributed by atoms with Crippen molar-refractivity contribution in [1.82, 2.24) is 0 Å². The van der Waals surface area contributed by atoms with Crippen molar-refractivity contribution in [3.63, 3.8) is 0 Å². The maximum atomic E-state index is 11.5. The van der Waals surface area contributed by atoms with Crippen LogP contribution in [0.5, 0.6) is 5.75 Å². The Balaban J connectivity index is 3.31. The highest BCUT2D eigenvalue weighted by atomic mass is 16.5. The number of methoxy groups -OCH3 is 1. The van der Waals surface area contributed by atoms with E-state index < -0.39 is 0 Å². The van der Waals surface area contributed by atoms with Crippen molar-refractivity contribution in [1.29, 1.82) is 0 Å². The van der Waals surface area contributed by atoms with Gasteiger partial charge in [0, 0.05) is 0 Å². The number of carbonyl (C=O) groups is 1. The summed E-state index contributed by atoms with van der Waals surface area (Å²) in [6, 6.07) is 3.66. The molecule has 1 aromatic rings. The van der Waals surface area contributed by atoms with E-state index in [-0.39, 0.29) is 12.3 Å². The van der Waals surface area contributed by atoms with Gasteiger partial charge in [-0.2, -0.15) is 0 Å². The number of nitrogens with two attached hydrogens (primary N) is 1. The second kappa shape index (κ2) is 4.24. The Labute approximate surface area is 83.9 Å². The first kappa shape index (κ1) is 10.7. The molecule has 1 aromatic carbocycles. The molecule has 0 heterocycles. The standard InChI is InChI=1S/C11H15NO2/c1-7-4-5-9(10(13)6-12)11(14-3)8(7)2/h4-5H,6,12H2,1-3H3. The minimum absolute atomic E-state index is 0.0128. The fraction of sp³-hybridized carbons (Fsp3) is 0.364. The summed E-state index contributed by atoms with van der Waals surface area (Å²) in [4.78, 5) is 11.5. The van der Waals surface area contributed by atoms with Gasteiger partial charge in [-0.25, -0.2) is 0 Å². The number of hydrogen-bond donors (Lipinski definition) is 1. The Morgan fingerprint density at radius 1 is 1.43 bits per heavy atom. The summed E-state index contributed by atoms with van der Waals surface area (Å²) in [6.45, 7) is 3.93. The Kier molecular flexibility index (Phi) is 3.25. The van der Waals surface area contributed by atoms with Crippen molar-refractivity contribution in [2.45, 2.75) is 13.8 Å². The minimum atomic E-state index is -0.0926. The maximum absolute atomic E-state index is 11.5. The molecule has 0 aromatic heterocycles. The van der Waals surface area contributed by atoms with E-state index in [1.54, 1.807) is 13.2 Å². The van der Waals surface area contributed by atoms with Crippen LogP contribution in [-0.4, -0.2) is 19.4 Å². The summed E-state index contributed by atoms with van der Waals surface area (Å²) in [7, 11) is 1.56. The van der Waals surface area contributed by atoms with Gasteiger partial charge in [-0.15, -0.1) is 0 Å². The molecule has 0 fully saturated rings. The molecule has 0 aliphatic carbocycles. The third-order valence-electron chi connectivity index (χ3n) is 2.37. The average molecular weight is 193 g/mol. The van der Waals surface area contributed by atoms with Gasteiger partial charge < -0.3 is 10.5 Å². The molecular formula is C11H15NO2. The van der Waals surface area contributed by atoms with Crippen LogP contribution in [0.3, 0.4) is 0 Å². The third kappa shape index (κ3) is 1.77. The molecule has 0 saturated carbocycles. The molecule has 1 rings (SSSR count). The molecule has 0 amide bonds. The van der Waals surface area contributed by atoms with Crippen molar-refractivity contribution in [2.75, 3.05) is 13.7 Å². The molecule has 14 heavy (non-hydrogen) atoms. The normalized spacial score (nSPS) is 10.0. The fourth-order valence-corrected chi connectivity index (χ4v) is 1.38. The van der Waals surface area contributed by atoms with Crippen molar-refractivity contribution in [2.24, 2.45) is 5.73 Å². The molecule has 0 unspecified atom stereocenters. The predicted molar refractivity (Wildman–Crippen MR) is 55.9 cm³/mol. The van der Waals surface area contributed by atoms with Crippen LogP contribution in [0.15, 0.2) is 12.1 Å². The van der Waals surface area contributed by atoms with Crippen LogP contribution in [0, 0.1) is 13.8 Å². The minimum Gasteiger partial charge on any atom is -0.496 e. The lowest BCUT2D eigenvalue weighted by Crippen LogP contribution is -2.15. The first-order valence-corrected chi connectivity index (χ1v) is 4.49. The second-order valence-electron chi connectivity index (χ2n) is 3.22. The van der Waals surface area contributed by atoms with Crippen molar-refractivity contribution >= 4 is 5.78 Å². The molecule has 0 atom stereocenters. The highest BCUT2D eigenvalue weighted by molar-refractivity contribution is 6.00. The Bertz CT molecular complexity index is 359. The molecule has 3 nitrogen and oxygen atoms in total. The number of hydrogen-bond acceptors (Lipinski definition) is 3. The SMILES string of the molecule is COc1c(C(=O)CN)ccc(C)c1C. The zero-order chi connectivity index (χ0) is 10.7. The topological polar surface area (TPSA) is 52.3 Å². The zero-order valence-corrected chi connectivity index (χ0v) is 8.76. The van der Waals surface area contributed by atoms with E-state index in [0.29, 0.717) is 11.3 Å². The highest BCUT2D eigenvalue weighted by Crippen LogP contribution is 2.26. The van der Waals surface area contributed by atoms with Gasteiger partial charge in [0.2, 0.25) is 0 Å². The predicted octanol–water partition coefficient (Wildman–Crippen LogP) is 1.45. The van der Waals surface area contributed by atoms with Gasteiger partial charge in [0.1, 0.15) is 5.75 Å². The lowest BCUT2D eigenvalue weighted by Gasteiger charge is -2.11. The third-order valence-corrected chi connectivity index (χ3v) is 2.37. The molecule has 0 saturated heterocycles. The van der Waals surface area contributed by atoms with E-state index in [1.165, 1.54) is 0 Å². The number of aryl methyl sites for hydroxylation is 1. The Morgan fingerprint density at radius 3 is 2.57 bits per heavy atom. The molecule has 2 N–H and O–H groups in total. The molecule has 0 aliphatic rings. The van der Waals surface area contributed by atoms with Gasteiger partial charge in [0.25, 0.3) is 0 Å². The van der Waals surface area contributed by atoms with Gasteiger partial charge in [0.15, 0.2) is 5.78 Å². The van der Waals surface area contributed by atoms with E-state index in [1.807, 2.05) is 19.9 Å². The summed E-state index contributed by atoms with van der Waals surface area (Å²) in [6.07, 6.45) is 0. The second-order valence-corrected chi connectivity index (χ2v) is 3.22. The summed E-state index contributed by atoms with van der Waals surface area (Å²) < 4.78 is 5.20. The van der Waals surface area contributed by atoms with Gasteiger partial charge in [-0.05, 0) is 31.0 Å². The van der Waals surface area contributed by atoms with Gasteiger partial charge >= 0.3 is 0 Å². The summed E-state index contributed by atoms with van der Waals surface area (Å²) in [5, 5.41) is 0. The molecule has 0 aliphatic heterocycles. The number of carbonyl (C=O) groups excluding carboxylic acids is 1. The molecule has 76 valence electrons. The largest absolute Gasteiger partial charge is 0.496 e. The molecule has 3 heteroatoms. The van der Waals surface area contributed by atoms with Crippen LogP contribution in [0.1, 0.15) is 21.5 Å². The summed E-state index contributed by atoms with van der Waals surface area (Å²) >= 11 is 0. The first-order chi connectivity index (χ1) is 6.61. The fourth-order valence-electron chi connectivity index (χ4n) is 1.38. The molecule has 0 radical (unpaired) electrons. The zero-order valence-electron chi connectivity index (χ0n) is 8.76. The lowest BCUT2D eigenvalue weighted by atomic mass is 10.0. The Morgan fingerprint density at radius 2 is 2.07 bits per heavy atom. The number of rotatable bonds is 3. The smallest absolute Gasteiger partial charge is 0.180 e. The summed E-state index contributed by atoms with van der Waals surface area (Å²) in [5.74, 6) is 0.547. The number of Topliss-reactive ketones (excluding diaryl/α,β-unsaturated/α-hetero) is 1. The van der Waals surface area contributed by atoms with E-state index >= 15 is 0 Å². The molecule has 0 bridgehead atoms. The number of ether oxygens (including phenoxy) is 1. The number of benzene rings is 1. The highest BCUT2D eigenvalue weighted by Gasteiger charge is 2.13. The van der Waals surface area contributed by atoms with Crippen molar-refractivity contribution < 1.29 is 9.53 Å².